The standard InChI is InChI=1S/C17H12N2O5S/c20-17(21)16-12-6-2-1-5-11(12)9-10-14(16)19-18-13-7-3-4-8-15(13)25(22,23)24/h1-10H,(H,20,21)(H,22,23,24). The summed E-state index contributed by atoms with van der Waals surface area (Å²) in [5, 5.41) is 18.4. The second kappa shape index (κ2) is 6.42. The van der Waals surface area contributed by atoms with Crippen molar-refractivity contribution in [3.05, 3.63) is 66.2 Å². The number of hydrogen-bond donors (Lipinski definition) is 2. The highest BCUT2D eigenvalue weighted by molar-refractivity contribution is 7.86. The van der Waals surface area contributed by atoms with Crippen LogP contribution in [0, 0.1) is 0 Å². The zero-order chi connectivity index (χ0) is 18.0. The third-order valence-electron chi connectivity index (χ3n) is 3.53. The second-order valence-electron chi connectivity index (χ2n) is 5.13. The third kappa shape index (κ3) is 3.39. The van der Waals surface area contributed by atoms with Gasteiger partial charge in [0.2, 0.25) is 0 Å². The van der Waals surface area contributed by atoms with Crippen LogP contribution in [0.2, 0.25) is 0 Å². The maximum atomic E-state index is 11.6. The molecule has 0 radical (unpaired) electrons. The van der Waals surface area contributed by atoms with Crippen molar-refractivity contribution in [2.75, 3.05) is 0 Å². The molecular formula is C17H12N2O5S. The van der Waals surface area contributed by atoms with Crippen molar-refractivity contribution < 1.29 is 22.9 Å². The van der Waals surface area contributed by atoms with E-state index in [0.717, 1.165) is 5.39 Å². The van der Waals surface area contributed by atoms with Crippen LogP contribution in [0.15, 0.2) is 75.8 Å². The molecule has 7 nitrogen and oxygen atoms in total. The molecule has 0 saturated carbocycles. The van der Waals surface area contributed by atoms with E-state index in [-0.39, 0.29) is 16.9 Å². The molecular weight excluding hydrogens is 344 g/mol. The Morgan fingerprint density at radius 3 is 2.20 bits per heavy atom. The predicted molar refractivity (Wildman–Crippen MR) is 91.3 cm³/mol. The van der Waals surface area contributed by atoms with Crippen molar-refractivity contribution in [2.45, 2.75) is 4.90 Å². The summed E-state index contributed by atoms with van der Waals surface area (Å²) < 4.78 is 32.0. The van der Waals surface area contributed by atoms with Crippen molar-refractivity contribution in [1.29, 1.82) is 0 Å². The summed E-state index contributed by atoms with van der Waals surface area (Å²) in [6.07, 6.45) is 0. The summed E-state index contributed by atoms with van der Waals surface area (Å²) in [6, 6.07) is 15.6. The molecule has 0 amide bonds. The summed E-state index contributed by atoms with van der Waals surface area (Å²) in [5.74, 6) is -1.17. The molecule has 8 heteroatoms. The molecule has 0 bridgehead atoms. The Labute approximate surface area is 143 Å². The lowest BCUT2D eigenvalue weighted by Crippen LogP contribution is -1.98. The SMILES string of the molecule is O=C(O)c1c(N=Nc2ccccc2S(=O)(=O)O)ccc2ccccc12. The number of fused-ring (bicyclic) bond motifs is 1. The van der Waals surface area contributed by atoms with Crippen molar-refractivity contribution >= 4 is 38.2 Å². The lowest BCUT2D eigenvalue weighted by atomic mass is 10.0. The van der Waals surface area contributed by atoms with Gasteiger partial charge in [-0.3, -0.25) is 4.55 Å². The van der Waals surface area contributed by atoms with E-state index in [1.165, 1.54) is 30.3 Å². The molecule has 3 rings (SSSR count). The highest BCUT2D eigenvalue weighted by atomic mass is 32.2. The number of carboxylic acids is 1. The number of nitrogens with zero attached hydrogens (tertiary/aromatic N) is 2. The Kier molecular flexibility index (Phi) is 4.30. The van der Waals surface area contributed by atoms with E-state index in [0.29, 0.717) is 5.39 Å². The first-order chi connectivity index (χ1) is 11.9. The highest BCUT2D eigenvalue weighted by Crippen LogP contribution is 2.31. The lowest BCUT2D eigenvalue weighted by molar-refractivity contribution is 0.0700. The number of carbonyl (C=O) groups is 1. The van der Waals surface area contributed by atoms with Crippen LogP contribution >= 0.6 is 0 Å². The molecule has 126 valence electrons. The highest BCUT2D eigenvalue weighted by Gasteiger charge is 2.16. The molecule has 3 aromatic rings. The Hall–Kier alpha value is -3.10. The van der Waals surface area contributed by atoms with Gasteiger partial charge in [-0.25, -0.2) is 4.79 Å². The third-order valence-corrected chi connectivity index (χ3v) is 4.43. The molecule has 0 aliphatic rings. The van der Waals surface area contributed by atoms with Crippen molar-refractivity contribution in [3.63, 3.8) is 0 Å². The first kappa shape index (κ1) is 16.7. The van der Waals surface area contributed by atoms with E-state index in [9.17, 15) is 22.9 Å². The quantitative estimate of drug-likeness (QED) is 0.537. The summed E-state index contributed by atoms with van der Waals surface area (Å²) in [7, 11) is -4.47. The van der Waals surface area contributed by atoms with Gasteiger partial charge in [-0.05, 0) is 29.0 Å². The molecule has 0 aliphatic heterocycles. The second-order valence-corrected chi connectivity index (χ2v) is 6.52. The van der Waals surface area contributed by atoms with Crippen LogP contribution in [0.5, 0.6) is 0 Å². The number of hydrogen-bond acceptors (Lipinski definition) is 5. The Morgan fingerprint density at radius 2 is 1.48 bits per heavy atom. The van der Waals surface area contributed by atoms with Crippen molar-refractivity contribution in [2.24, 2.45) is 10.2 Å². The fourth-order valence-electron chi connectivity index (χ4n) is 2.43. The minimum Gasteiger partial charge on any atom is -0.478 e. The van der Waals surface area contributed by atoms with Gasteiger partial charge in [-0.15, -0.1) is 10.2 Å². The van der Waals surface area contributed by atoms with Gasteiger partial charge >= 0.3 is 5.97 Å². The maximum Gasteiger partial charge on any atom is 0.338 e. The molecule has 0 aliphatic carbocycles. The van der Waals surface area contributed by atoms with Gasteiger partial charge in [-0.1, -0.05) is 42.5 Å². The first-order valence-corrected chi connectivity index (χ1v) is 8.55. The average Bonchev–Trinajstić information content (AvgIpc) is 2.58. The minimum absolute atomic E-state index is 0.0359. The van der Waals surface area contributed by atoms with Crippen LogP contribution < -0.4 is 0 Å². The summed E-state index contributed by atoms with van der Waals surface area (Å²) >= 11 is 0. The summed E-state index contributed by atoms with van der Waals surface area (Å²) in [6.45, 7) is 0. The van der Waals surface area contributed by atoms with Gasteiger partial charge in [0, 0.05) is 0 Å². The number of azo groups is 1. The topological polar surface area (TPSA) is 116 Å². The molecule has 0 spiro atoms. The number of benzene rings is 3. The number of rotatable bonds is 4. The van der Waals surface area contributed by atoms with E-state index in [4.69, 9.17) is 0 Å². The summed E-state index contributed by atoms with van der Waals surface area (Å²) in [5.41, 5.74) is -0.0444. The van der Waals surface area contributed by atoms with Crippen LogP contribution in [0.25, 0.3) is 10.8 Å². The van der Waals surface area contributed by atoms with E-state index in [2.05, 4.69) is 10.2 Å². The minimum atomic E-state index is -4.47. The van der Waals surface area contributed by atoms with Crippen LogP contribution in [0.1, 0.15) is 10.4 Å². The molecule has 25 heavy (non-hydrogen) atoms. The zero-order valence-corrected chi connectivity index (χ0v) is 13.5. The van der Waals surface area contributed by atoms with Gasteiger partial charge in [-0.2, -0.15) is 8.42 Å². The van der Waals surface area contributed by atoms with E-state index in [1.54, 1.807) is 30.3 Å². The van der Waals surface area contributed by atoms with Crippen LogP contribution in [0.3, 0.4) is 0 Å². The fraction of sp³-hybridized carbons (Fsp3) is 0. The Bertz CT molecular complexity index is 1110. The summed E-state index contributed by atoms with van der Waals surface area (Å²) in [4.78, 5) is 11.2. The molecule has 0 heterocycles. The Balaban J connectivity index is 2.15. The normalized spacial score (nSPS) is 11.9. The van der Waals surface area contributed by atoms with Gasteiger partial charge < -0.3 is 5.11 Å². The van der Waals surface area contributed by atoms with Crippen molar-refractivity contribution in [3.8, 4) is 0 Å². The van der Waals surface area contributed by atoms with E-state index < -0.39 is 21.0 Å². The smallest absolute Gasteiger partial charge is 0.338 e. The number of aromatic carboxylic acids is 1. The van der Waals surface area contributed by atoms with Crippen LogP contribution in [0.4, 0.5) is 11.4 Å². The molecule has 2 N–H and O–H groups in total. The lowest BCUT2D eigenvalue weighted by Gasteiger charge is -2.06. The number of carboxylic acid groups (broad SMARTS) is 1. The van der Waals surface area contributed by atoms with Gasteiger partial charge in [0.1, 0.15) is 16.3 Å². The molecule has 0 atom stereocenters. The largest absolute Gasteiger partial charge is 0.478 e. The van der Waals surface area contributed by atoms with Gasteiger partial charge in [0.25, 0.3) is 10.1 Å². The average molecular weight is 356 g/mol. The van der Waals surface area contributed by atoms with Crippen LogP contribution in [-0.4, -0.2) is 24.0 Å². The molecule has 0 fully saturated rings. The molecule has 0 unspecified atom stereocenters. The van der Waals surface area contributed by atoms with E-state index >= 15 is 0 Å². The molecule has 0 aromatic heterocycles. The van der Waals surface area contributed by atoms with Crippen molar-refractivity contribution in [1.82, 2.24) is 0 Å². The van der Waals surface area contributed by atoms with E-state index in [1.807, 2.05) is 0 Å². The van der Waals surface area contributed by atoms with Crippen LogP contribution in [-0.2, 0) is 10.1 Å². The monoisotopic (exact) mass is 356 g/mol. The zero-order valence-electron chi connectivity index (χ0n) is 12.7. The predicted octanol–water partition coefficient (Wildman–Crippen LogP) is 4.20. The molecule has 0 saturated heterocycles. The maximum absolute atomic E-state index is 11.6. The van der Waals surface area contributed by atoms with Gasteiger partial charge in [0.05, 0.1) is 5.56 Å². The molecule has 3 aromatic carbocycles. The first-order valence-electron chi connectivity index (χ1n) is 7.11. The fourth-order valence-corrected chi connectivity index (χ4v) is 3.06. The Morgan fingerprint density at radius 1 is 0.840 bits per heavy atom. The van der Waals surface area contributed by atoms with Gasteiger partial charge in [0.15, 0.2) is 0 Å².